The Kier molecular flexibility index (Phi) is 2.03. The highest BCUT2D eigenvalue weighted by molar-refractivity contribution is 6.42. The van der Waals surface area contributed by atoms with E-state index < -0.39 is 12.1 Å². The molecule has 1 fully saturated rings. The van der Waals surface area contributed by atoms with E-state index in [2.05, 4.69) is 0 Å². The summed E-state index contributed by atoms with van der Waals surface area (Å²) < 4.78 is 4.71. The van der Waals surface area contributed by atoms with Crippen molar-refractivity contribution in [3.63, 3.8) is 0 Å². The van der Waals surface area contributed by atoms with E-state index in [4.69, 9.17) is 10.1 Å². The number of hydrogen-bond acceptors (Lipinski definition) is 4. The fourth-order valence-electron chi connectivity index (χ4n) is 1.04. The van der Waals surface area contributed by atoms with Crippen LogP contribution in [-0.4, -0.2) is 23.6 Å². The van der Waals surface area contributed by atoms with Crippen LogP contribution in [-0.2, 0) is 14.3 Å². The van der Waals surface area contributed by atoms with Gasteiger partial charge in [0.2, 0.25) is 0 Å². The van der Waals surface area contributed by atoms with Crippen molar-refractivity contribution < 1.29 is 14.3 Å². The maximum Gasteiger partial charge on any atom is 0.303 e. The molecule has 1 aliphatic carbocycles. The summed E-state index contributed by atoms with van der Waals surface area (Å²) in [5, 5.41) is 7.18. The average Bonchev–Trinajstić information content (AvgIpc) is 2.18. The van der Waals surface area contributed by atoms with E-state index in [9.17, 15) is 9.59 Å². The fourth-order valence-corrected chi connectivity index (χ4v) is 1.04. The van der Waals surface area contributed by atoms with E-state index in [0.717, 1.165) is 0 Å². The minimum atomic E-state index is -0.583. The number of carbonyl (C=O) groups excluding carboxylic acids is 2. The first-order valence-corrected chi connectivity index (χ1v) is 3.40. The molecule has 0 bridgehead atoms. The highest BCUT2D eigenvalue weighted by atomic mass is 16.5. The van der Waals surface area contributed by atoms with Gasteiger partial charge in [-0.05, 0) is 6.42 Å². The molecule has 4 nitrogen and oxygen atoms in total. The molecule has 1 aliphatic rings. The predicted molar refractivity (Wildman–Crippen MR) is 37.5 cm³/mol. The van der Waals surface area contributed by atoms with Crippen molar-refractivity contribution in [2.24, 2.45) is 0 Å². The van der Waals surface area contributed by atoms with Crippen molar-refractivity contribution >= 4 is 17.5 Å². The molecule has 1 N–H and O–H groups in total. The number of rotatable bonds is 1. The number of hydrogen-bond donors (Lipinski definition) is 1. The Bertz CT molecular complexity index is 222. The first kappa shape index (κ1) is 7.91. The molecular weight excluding hydrogens is 146 g/mol. The lowest BCUT2D eigenvalue weighted by Crippen LogP contribution is -2.23. The smallest absolute Gasteiger partial charge is 0.303 e. The molecule has 1 rings (SSSR count). The van der Waals surface area contributed by atoms with Gasteiger partial charge < -0.3 is 4.74 Å². The molecule has 0 heterocycles. The van der Waals surface area contributed by atoms with E-state index in [1.165, 1.54) is 6.92 Å². The highest BCUT2D eigenvalue weighted by Gasteiger charge is 2.30. The number of ether oxygens (including phenoxy) is 1. The van der Waals surface area contributed by atoms with Crippen LogP contribution in [0.25, 0.3) is 0 Å². The first-order valence-electron chi connectivity index (χ1n) is 3.40. The average molecular weight is 155 g/mol. The lowest BCUT2D eigenvalue weighted by Gasteiger charge is -2.07. The molecule has 60 valence electrons. The van der Waals surface area contributed by atoms with E-state index in [-0.39, 0.29) is 11.5 Å². The maximum atomic E-state index is 10.8. The first-order chi connectivity index (χ1) is 5.11. The van der Waals surface area contributed by atoms with E-state index in [1.54, 1.807) is 0 Å². The van der Waals surface area contributed by atoms with Crippen LogP contribution in [0.4, 0.5) is 0 Å². The Balaban J connectivity index is 2.55. The Labute approximate surface area is 64.0 Å². The van der Waals surface area contributed by atoms with Crippen molar-refractivity contribution in [1.82, 2.24) is 0 Å². The normalized spacial score (nSPS) is 23.9. The molecule has 0 saturated heterocycles. The van der Waals surface area contributed by atoms with E-state index in [0.29, 0.717) is 12.8 Å². The molecule has 11 heavy (non-hydrogen) atoms. The second-order valence-electron chi connectivity index (χ2n) is 2.47. The predicted octanol–water partition coefficient (Wildman–Crippen LogP) is 0.301. The van der Waals surface area contributed by atoms with Gasteiger partial charge >= 0.3 is 5.97 Å². The minimum absolute atomic E-state index is 0.0693. The summed E-state index contributed by atoms with van der Waals surface area (Å²) >= 11 is 0. The maximum absolute atomic E-state index is 10.8. The van der Waals surface area contributed by atoms with Crippen molar-refractivity contribution in [3.8, 4) is 0 Å². The summed E-state index contributed by atoms with van der Waals surface area (Å²) in [7, 11) is 0. The number of Topliss-reactive ketones (excluding diaryl/α,β-unsaturated/α-hetero) is 1. The van der Waals surface area contributed by atoms with Crippen LogP contribution < -0.4 is 0 Å². The van der Waals surface area contributed by atoms with Crippen LogP contribution >= 0.6 is 0 Å². The van der Waals surface area contributed by atoms with Gasteiger partial charge in [-0.2, -0.15) is 0 Å². The molecule has 0 aromatic heterocycles. The standard InChI is InChI=1S/C7H9NO3/c1-4(9)11-6-3-2-5(10)7(6)8/h6,8H,2-3H2,1H3. The zero-order valence-electron chi connectivity index (χ0n) is 6.22. The van der Waals surface area contributed by atoms with E-state index in [1.807, 2.05) is 0 Å². The van der Waals surface area contributed by atoms with E-state index >= 15 is 0 Å². The summed E-state index contributed by atoms with van der Waals surface area (Å²) in [6, 6.07) is 0. The Morgan fingerprint density at radius 2 is 2.36 bits per heavy atom. The third kappa shape index (κ3) is 1.63. The van der Waals surface area contributed by atoms with Gasteiger partial charge in [-0.15, -0.1) is 0 Å². The van der Waals surface area contributed by atoms with Crippen LogP contribution in [0.2, 0.25) is 0 Å². The molecule has 0 spiro atoms. The Hall–Kier alpha value is -1.19. The molecule has 4 heteroatoms. The lowest BCUT2D eigenvalue weighted by molar-refractivity contribution is -0.143. The lowest BCUT2D eigenvalue weighted by atomic mass is 10.3. The van der Waals surface area contributed by atoms with Crippen molar-refractivity contribution in [2.45, 2.75) is 25.9 Å². The molecule has 0 aliphatic heterocycles. The summed E-state index contributed by atoms with van der Waals surface area (Å²) in [5.41, 5.74) is -0.0693. The number of nitrogens with one attached hydrogen (secondary N) is 1. The summed E-state index contributed by atoms with van der Waals surface area (Å²) in [6.45, 7) is 1.27. The van der Waals surface area contributed by atoms with Crippen molar-refractivity contribution in [2.75, 3.05) is 0 Å². The third-order valence-electron chi connectivity index (χ3n) is 1.56. The Morgan fingerprint density at radius 1 is 1.73 bits per heavy atom. The quantitative estimate of drug-likeness (QED) is 0.554. The van der Waals surface area contributed by atoms with Gasteiger partial charge in [0.05, 0.1) is 0 Å². The number of carbonyl (C=O) groups is 2. The molecule has 0 radical (unpaired) electrons. The van der Waals surface area contributed by atoms with Crippen LogP contribution in [0.1, 0.15) is 19.8 Å². The van der Waals surface area contributed by atoms with Crippen LogP contribution in [0.15, 0.2) is 0 Å². The molecule has 1 saturated carbocycles. The minimum Gasteiger partial charge on any atom is -0.456 e. The summed E-state index contributed by atoms with van der Waals surface area (Å²) in [4.78, 5) is 21.2. The van der Waals surface area contributed by atoms with Crippen LogP contribution in [0.3, 0.4) is 0 Å². The topological polar surface area (TPSA) is 67.2 Å². The van der Waals surface area contributed by atoms with Gasteiger partial charge in [0.15, 0.2) is 5.78 Å². The third-order valence-corrected chi connectivity index (χ3v) is 1.56. The zero-order valence-corrected chi connectivity index (χ0v) is 6.22. The molecule has 1 unspecified atom stereocenters. The summed E-state index contributed by atoms with van der Waals surface area (Å²) in [5.74, 6) is -0.647. The van der Waals surface area contributed by atoms with Gasteiger partial charge in [0.1, 0.15) is 11.8 Å². The molecule has 0 amide bonds. The van der Waals surface area contributed by atoms with Crippen LogP contribution in [0.5, 0.6) is 0 Å². The highest BCUT2D eigenvalue weighted by Crippen LogP contribution is 2.14. The molecular formula is C7H9NO3. The SMILES string of the molecule is CC(=O)OC1CCC(=O)C1=N. The molecule has 0 aromatic rings. The second-order valence-corrected chi connectivity index (χ2v) is 2.47. The van der Waals surface area contributed by atoms with Gasteiger partial charge in [-0.3, -0.25) is 15.0 Å². The van der Waals surface area contributed by atoms with Gasteiger partial charge in [0.25, 0.3) is 0 Å². The van der Waals surface area contributed by atoms with Gasteiger partial charge in [-0.1, -0.05) is 0 Å². The number of esters is 1. The Morgan fingerprint density at radius 3 is 2.73 bits per heavy atom. The van der Waals surface area contributed by atoms with Crippen LogP contribution in [0, 0.1) is 5.41 Å². The van der Waals surface area contributed by atoms with Crippen molar-refractivity contribution in [3.05, 3.63) is 0 Å². The zero-order chi connectivity index (χ0) is 8.43. The molecule has 0 aromatic carbocycles. The number of ketones is 1. The summed E-state index contributed by atoms with van der Waals surface area (Å²) in [6.07, 6.45) is 0.216. The fraction of sp³-hybridized carbons (Fsp3) is 0.571. The van der Waals surface area contributed by atoms with Crippen molar-refractivity contribution in [1.29, 1.82) is 5.41 Å². The second kappa shape index (κ2) is 2.82. The largest absolute Gasteiger partial charge is 0.456 e. The molecule has 1 atom stereocenters. The van der Waals surface area contributed by atoms with Gasteiger partial charge in [-0.25, -0.2) is 0 Å². The monoisotopic (exact) mass is 155 g/mol. The van der Waals surface area contributed by atoms with Gasteiger partial charge in [0, 0.05) is 13.3 Å².